The number of aliphatic hydroxyl groups excluding tert-OH is 1. The Morgan fingerprint density at radius 3 is 0.782 bits per heavy atom. The molecule has 0 aromatic carbocycles. The van der Waals surface area contributed by atoms with E-state index < -0.39 is 97.5 Å². The Morgan fingerprint density at radius 2 is 0.491 bits per heavy atom. The first-order valence-electron chi connectivity index (χ1n) is 42.4. The van der Waals surface area contributed by atoms with Crippen molar-refractivity contribution in [2.75, 3.05) is 39.6 Å². The molecule has 17 nitrogen and oxygen atoms in total. The number of hydrogen-bond acceptors (Lipinski definition) is 15. The first-order valence-corrected chi connectivity index (χ1v) is 45.4. The van der Waals surface area contributed by atoms with Crippen LogP contribution in [-0.4, -0.2) is 96.7 Å². The molecule has 626 valence electrons. The Hall–Kier alpha value is -5.58. The predicted molar refractivity (Wildman–Crippen MR) is 454 cm³/mol. The van der Waals surface area contributed by atoms with Gasteiger partial charge in [0.05, 0.1) is 26.4 Å². The van der Waals surface area contributed by atoms with E-state index in [9.17, 15) is 43.2 Å². The van der Waals surface area contributed by atoms with Gasteiger partial charge in [0.25, 0.3) is 0 Å². The highest BCUT2D eigenvalue weighted by atomic mass is 31.2. The Labute approximate surface area is 667 Å². The standard InChI is InChI=1S/C91H150O17P2/c1-5-9-13-17-21-25-29-33-37-40-42-45-48-51-55-59-63-67-71-75-88(93)101-81-86(107-90(95)77-73-69-65-61-57-53-47-36-32-28-24-20-16-12-8-4)83-105-109(97,98)103-79-85(92)80-104-110(99,100)106-84-87(108-91(96)78-74-70-66-62-58-54-50-44-39-35-31-27-23-19-15-11-7-3)82-102-89(94)76-72-68-64-60-56-52-49-46-43-41-38-34-30-26-22-18-14-10-6-2/h9-11,13-15,21-23,25-27,33-35,37-39,42-43,45-46,50-51,54-55,63,67,85-87,92H,5-8,12,16-20,24,28-32,36,40-41,44,47-49,52-53,56-62,64-66,68-84H2,1-4H3,(H,97,98)(H,99,100)/b13-9-,14-10-,15-11-,25-21-,26-22-,27-23-,37-33-,38-34-,39-35-,45-42-,46-43-,54-50-,55-51-,67-63-. The summed E-state index contributed by atoms with van der Waals surface area (Å²) in [4.78, 5) is 73.2. The second-order valence-electron chi connectivity index (χ2n) is 27.6. The summed E-state index contributed by atoms with van der Waals surface area (Å²) in [7, 11) is -10.0. The number of ether oxygens (including phenoxy) is 4. The fourth-order valence-corrected chi connectivity index (χ4v) is 12.5. The summed E-state index contributed by atoms with van der Waals surface area (Å²) in [5.41, 5.74) is 0. The minimum Gasteiger partial charge on any atom is -0.462 e. The number of hydrogen-bond donors (Lipinski definition) is 3. The van der Waals surface area contributed by atoms with Crippen LogP contribution in [0.15, 0.2) is 170 Å². The van der Waals surface area contributed by atoms with Gasteiger partial charge in [-0.1, -0.05) is 326 Å². The highest BCUT2D eigenvalue weighted by molar-refractivity contribution is 7.47. The average molecular weight is 1580 g/mol. The van der Waals surface area contributed by atoms with Gasteiger partial charge in [0, 0.05) is 25.7 Å². The lowest BCUT2D eigenvalue weighted by Crippen LogP contribution is -2.30. The highest BCUT2D eigenvalue weighted by Gasteiger charge is 2.30. The lowest BCUT2D eigenvalue weighted by molar-refractivity contribution is -0.161. The van der Waals surface area contributed by atoms with E-state index in [4.69, 9.17) is 37.0 Å². The van der Waals surface area contributed by atoms with Crippen molar-refractivity contribution in [3.8, 4) is 0 Å². The molecule has 0 heterocycles. The van der Waals surface area contributed by atoms with Gasteiger partial charge >= 0.3 is 39.5 Å². The van der Waals surface area contributed by atoms with Crippen molar-refractivity contribution >= 4 is 39.5 Å². The molecule has 5 atom stereocenters. The van der Waals surface area contributed by atoms with E-state index in [1.807, 2.05) is 18.2 Å². The molecule has 0 bridgehead atoms. The van der Waals surface area contributed by atoms with E-state index in [1.54, 1.807) is 0 Å². The largest absolute Gasteiger partial charge is 0.472 e. The van der Waals surface area contributed by atoms with Gasteiger partial charge in [-0.2, -0.15) is 0 Å². The van der Waals surface area contributed by atoms with Gasteiger partial charge in [-0.05, 0) is 141 Å². The van der Waals surface area contributed by atoms with Gasteiger partial charge in [-0.25, -0.2) is 9.13 Å². The number of carbonyl (C=O) groups excluding carboxylic acids is 4. The first-order chi connectivity index (χ1) is 53.7. The lowest BCUT2D eigenvalue weighted by atomic mass is 10.0. The molecule has 0 fully saturated rings. The van der Waals surface area contributed by atoms with E-state index in [0.29, 0.717) is 32.1 Å². The van der Waals surface area contributed by atoms with E-state index in [2.05, 4.69) is 180 Å². The molecule has 0 saturated heterocycles. The summed E-state index contributed by atoms with van der Waals surface area (Å²) >= 11 is 0. The number of unbranched alkanes of at least 4 members (excludes halogenated alkanes) is 24. The number of carbonyl (C=O) groups is 4. The molecular formula is C91H150O17P2. The number of rotatable bonds is 78. The van der Waals surface area contributed by atoms with Crippen LogP contribution in [0, 0.1) is 0 Å². The van der Waals surface area contributed by atoms with Crippen molar-refractivity contribution in [3.05, 3.63) is 170 Å². The molecule has 3 N–H and O–H groups in total. The maximum Gasteiger partial charge on any atom is 0.472 e. The molecule has 0 spiro atoms. The number of esters is 4. The molecule has 0 saturated carbocycles. The summed E-state index contributed by atoms with van der Waals surface area (Å²) in [5, 5.41) is 10.7. The summed E-state index contributed by atoms with van der Waals surface area (Å²) in [6, 6.07) is 0. The molecule has 0 rings (SSSR count). The topological polar surface area (TPSA) is 237 Å². The summed E-state index contributed by atoms with van der Waals surface area (Å²) in [6.07, 6.45) is 97.6. The lowest BCUT2D eigenvalue weighted by Gasteiger charge is -2.21. The fraction of sp³-hybridized carbons (Fsp3) is 0.648. The van der Waals surface area contributed by atoms with Crippen LogP contribution in [0.2, 0.25) is 0 Å². The predicted octanol–water partition coefficient (Wildman–Crippen LogP) is 25.3. The third-order valence-corrected chi connectivity index (χ3v) is 19.1. The van der Waals surface area contributed by atoms with E-state index in [1.165, 1.54) is 64.2 Å². The van der Waals surface area contributed by atoms with Gasteiger partial charge in [0.15, 0.2) is 12.2 Å². The van der Waals surface area contributed by atoms with Crippen LogP contribution in [0.3, 0.4) is 0 Å². The molecule has 5 unspecified atom stereocenters. The van der Waals surface area contributed by atoms with Gasteiger partial charge in [-0.15, -0.1) is 0 Å². The Bertz CT molecular complexity index is 2750. The van der Waals surface area contributed by atoms with Crippen molar-refractivity contribution in [1.29, 1.82) is 0 Å². The summed E-state index contributed by atoms with van der Waals surface area (Å²) in [5.74, 6) is -2.31. The SMILES string of the molecule is CC/C=C\C/C=C\C/C=C\C/C=C\C/C=C\C/C=C\CCC(=O)OCC(COP(=O)(O)OCC(O)COP(=O)(O)OCC(COC(=O)CCCCCCCC/C=C\C/C=C\C/C=C\C/C=C\CC)OC(=O)CCCCCC/C=C\C/C=C\C/C=C\C/C=C\CC)OC(=O)CCCCCCCCCCCCCCCCC. The molecule has 0 aliphatic carbocycles. The monoisotopic (exact) mass is 1580 g/mol. The van der Waals surface area contributed by atoms with Gasteiger partial charge in [-0.3, -0.25) is 37.3 Å². The van der Waals surface area contributed by atoms with Crippen LogP contribution in [-0.2, 0) is 65.4 Å². The van der Waals surface area contributed by atoms with Crippen molar-refractivity contribution < 1.29 is 80.2 Å². The molecule has 0 radical (unpaired) electrons. The van der Waals surface area contributed by atoms with E-state index in [0.717, 1.165) is 173 Å². The third-order valence-electron chi connectivity index (χ3n) is 17.2. The molecule has 0 amide bonds. The minimum absolute atomic E-state index is 0.0328. The Morgan fingerprint density at radius 1 is 0.264 bits per heavy atom. The summed E-state index contributed by atoms with van der Waals surface area (Å²) in [6.45, 7) is 4.43. The van der Waals surface area contributed by atoms with E-state index >= 15 is 0 Å². The van der Waals surface area contributed by atoms with Gasteiger partial charge in [0.2, 0.25) is 0 Å². The molecular weight excluding hydrogens is 1430 g/mol. The van der Waals surface area contributed by atoms with Crippen molar-refractivity contribution in [2.24, 2.45) is 0 Å². The zero-order valence-corrected chi connectivity index (χ0v) is 70.4. The van der Waals surface area contributed by atoms with Gasteiger partial charge in [0.1, 0.15) is 19.3 Å². The quantitative estimate of drug-likeness (QED) is 0.0169. The van der Waals surface area contributed by atoms with Crippen molar-refractivity contribution in [2.45, 2.75) is 341 Å². The molecule has 0 aliphatic heterocycles. The Balaban J connectivity index is 5.48. The second kappa shape index (κ2) is 81.4. The van der Waals surface area contributed by atoms with Crippen LogP contribution in [0.5, 0.6) is 0 Å². The number of aliphatic hydroxyl groups is 1. The van der Waals surface area contributed by atoms with Crippen LogP contribution in [0.25, 0.3) is 0 Å². The normalized spacial score (nSPS) is 14.6. The minimum atomic E-state index is -5.00. The fourth-order valence-electron chi connectivity index (χ4n) is 10.9. The first kappa shape index (κ1) is 104. The second-order valence-corrected chi connectivity index (χ2v) is 30.5. The number of phosphoric ester groups is 2. The molecule has 110 heavy (non-hydrogen) atoms. The van der Waals surface area contributed by atoms with E-state index in [-0.39, 0.29) is 25.7 Å². The van der Waals surface area contributed by atoms with Crippen LogP contribution in [0.1, 0.15) is 323 Å². The van der Waals surface area contributed by atoms with Crippen molar-refractivity contribution in [3.63, 3.8) is 0 Å². The zero-order chi connectivity index (χ0) is 80.3. The maximum absolute atomic E-state index is 13.1. The maximum atomic E-state index is 13.1. The average Bonchev–Trinajstić information content (AvgIpc) is 0.899. The summed E-state index contributed by atoms with van der Waals surface area (Å²) < 4.78 is 68.7. The Kier molecular flexibility index (Phi) is 77.3. The van der Waals surface area contributed by atoms with Crippen LogP contribution >= 0.6 is 15.6 Å². The smallest absolute Gasteiger partial charge is 0.462 e. The van der Waals surface area contributed by atoms with Crippen molar-refractivity contribution in [1.82, 2.24) is 0 Å². The number of allylic oxidation sites excluding steroid dienone is 28. The third kappa shape index (κ3) is 80.5. The van der Waals surface area contributed by atoms with Crippen LogP contribution < -0.4 is 0 Å². The zero-order valence-electron chi connectivity index (χ0n) is 68.6. The number of phosphoric acid groups is 2. The molecule has 0 aliphatic rings. The van der Waals surface area contributed by atoms with Crippen LogP contribution in [0.4, 0.5) is 0 Å². The van der Waals surface area contributed by atoms with Gasteiger partial charge < -0.3 is 33.8 Å². The molecule has 0 aromatic rings. The highest BCUT2D eigenvalue weighted by Crippen LogP contribution is 2.45. The molecule has 19 heteroatoms. The molecule has 0 aromatic heterocycles.